The summed E-state index contributed by atoms with van der Waals surface area (Å²) in [5.41, 5.74) is 0.630. The van der Waals surface area contributed by atoms with Crippen LogP contribution in [0.5, 0.6) is 0 Å². The van der Waals surface area contributed by atoms with Crippen molar-refractivity contribution in [3.8, 4) is 0 Å². The van der Waals surface area contributed by atoms with Crippen molar-refractivity contribution in [2.75, 3.05) is 0 Å². The van der Waals surface area contributed by atoms with E-state index in [1.165, 1.54) is 12.8 Å². The Morgan fingerprint density at radius 2 is 2.12 bits per heavy atom. The second kappa shape index (κ2) is 5.04. The predicted octanol–water partition coefficient (Wildman–Crippen LogP) is 3.09. The Balaban J connectivity index is 1.88. The molecule has 0 aromatic carbocycles. The maximum Gasteiger partial charge on any atom is 0.267 e. The fourth-order valence-electron chi connectivity index (χ4n) is 2.17. The van der Waals surface area contributed by atoms with Gasteiger partial charge in [0.05, 0.1) is 0 Å². The quantitative estimate of drug-likeness (QED) is 0.861. The Morgan fingerprint density at radius 3 is 2.69 bits per heavy atom. The molecule has 1 amide bonds. The van der Waals surface area contributed by atoms with Gasteiger partial charge in [0.2, 0.25) is 0 Å². The summed E-state index contributed by atoms with van der Waals surface area (Å²) >= 11 is 3.32. The van der Waals surface area contributed by atoms with Crippen molar-refractivity contribution in [2.24, 2.45) is 5.92 Å². The highest BCUT2D eigenvalue weighted by atomic mass is 79.9. The number of rotatable bonds is 2. The molecule has 0 atom stereocenters. The average Bonchev–Trinajstić information content (AvgIpc) is 2.68. The Morgan fingerprint density at radius 1 is 1.44 bits per heavy atom. The summed E-state index contributed by atoms with van der Waals surface area (Å²) in [6.07, 6.45) is 6.43. The van der Waals surface area contributed by atoms with Crippen LogP contribution in [-0.2, 0) is 0 Å². The van der Waals surface area contributed by atoms with E-state index in [1.807, 2.05) is 0 Å². The van der Waals surface area contributed by atoms with Gasteiger partial charge in [0.1, 0.15) is 5.69 Å². The summed E-state index contributed by atoms with van der Waals surface area (Å²) in [5, 5.41) is 3.08. The third kappa shape index (κ3) is 2.88. The van der Waals surface area contributed by atoms with Crippen molar-refractivity contribution < 1.29 is 4.79 Å². The van der Waals surface area contributed by atoms with Gasteiger partial charge in [-0.2, -0.15) is 0 Å². The zero-order valence-electron chi connectivity index (χ0n) is 9.42. The third-order valence-electron chi connectivity index (χ3n) is 3.24. The smallest absolute Gasteiger partial charge is 0.267 e. The van der Waals surface area contributed by atoms with E-state index in [1.54, 1.807) is 12.3 Å². The number of hydrogen-bond donors (Lipinski definition) is 2. The van der Waals surface area contributed by atoms with Crippen LogP contribution >= 0.6 is 15.9 Å². The van der Waals surface area contributed by atoms with Gasteiger partial charge in [-0.15, -0.1) is 0 Å². The first-order valence-electron chi connectivity index (χ1n) is 5.80. The number of aromatic nitrogens is 1. The molecule has 1 saturated carbocycles. The van der Waals surface area contributed by atoms with Crippen LogP contribution in [0.15, 0.2) is 16.7 Å². The molecule has 0 unspecified atom stereocenters. The maximum absolute atomic E-state index is 11.8. The topological polar surface area (TPSA) is 44.9 Å². The molecule has 0 bridgehead atoms. The van der Waals surface area contributed by atoms with Crippen LogP contribution in [0.4, 0.5) is 0 Å². The van der Waals surface area contributed by atoms with Crippen molar-refractivity contribution >= 4 is 21.8 Å². The van der Waals surface area contributed by atoms with Crippen molar-refractivity contribution in [2.45, 2.75) is 38.6 Å². The molecule has 0 radical (unpaired) electrons. The van der Waals surface area contributed by atoms with Crippen LogP contribution in [0.3, 0.4) is 0 Å². The van der Waals surface area contributed by atoms with E-state index in [0.29, 0.717) is 11.7 Å². The minimum absolute atomic E-state index is 0.00486. The van der Waals surface area contributed by atoms with Crippen molar-refractivity contribution in [3.05, 3.63) is 22.4 Å². The summed E-state index contributed by atoms with van der Waals surface area (Å²) in [6.45, 7) is 2.28. The molecule has 3 nitrogen and oxygen atoms in total. The number of halogens is 1. The fourth-order valence-corrected chi connectivity index (χ4v) is 2.51. The first-order chi connectivity index (χ1) is 7.65. The first-order valence-corrected chi connectivity index (χ1v) is 6.59. The molecule has 0 aliphatic heterocycles. The molecule has 1 fully saturated rings. The maximum atomic E-state index is 11.8. The lowest BCUT2D eigenvalue weighted by atomic mass is 9.87. The van der Waals surface area contributed by atoms with Gasteiger partial charge in [-0.1, -0.05) is 6.92 Å². The number of nitrogens with one attached hydrogen (secondary N) is 2. The number of hydrogen-bond acceptors (Lipinski definition) is 1. The number of amides is 1. The Labute approximate surface area is 104 Å². The van der Waals surface area contributed by atoms with Gasteiger partial charge in [0, 0.05) is 16.7 Å². The van der Waals surface area contributed by atoms with E-state index in [9.17, 15) is 4.79 Å². The molecular formula is C12H17BrN2O. The zero-order chi connectivity index (χ0) is 11.5. The highest BCUT2D eigenvalue weighted by molar-refractivity contribution is 9.10. The lowest BCUT2D eigenvalue weighted by Gasteiger charge is -2.26. The molecule has 88 valence electrons. The molecule has 0 saturated heterocycles. The monoisotopic (exact) mass is 284 g/mol. The van der Waals surface area contributed by atoms with Gasteiger partial charge in [-0.05, 0) is 53.6 Å². The molecule has 4 heteroatoms. The highest BCUT2D eigenvalue weighted by Gasteiger charge is 2.20. The van der Waals surface area contributed by atoms with Gasteiger partial charge < -0.3 is 10.3 Å². The van der Waals surface area contributed by atoms with Gasteiger partial charge in [-0.25, -0.2) is 0 Å². The van der Waals surface area contributed by atoms with Crippen LogP contribution < -0.4 is 5.32 Å². The molecule has 2 N–H and O–H groups in total. The molecule has 1 aromatic heterocycles. The molecular weight excluding hydrogens is 268 g/mol. The number of carbonyl (C=O) groups excluding carboxylic acids is 1. The average molecular weight is 285 g/mol. The Bertz CT molecular complexity index is 367. The second-order valence-corrected chi connectivity index (χ2v) is 5.58. The van der Waals surface area contributed by atoms with Crippen LogP contribution in [0.1, 0.15) is 43.1 Å². The van der Waals surface area contributed by atoms with E-state index in [2.05, 4.69) is 33.2 Å². The number of carbonyl (C=O) groups is 1. The first kappa shape index (κ1) is 11.7. The van der Waals surface area contributed by atoms with Crippen LogP contribution in [0, 0.1) is 5.92 Å². The molecule has 0 spiro atoms. The van der Waals surface area contributed by atoms with Crippen molar-refractivity contribution in [1.82, 2.24) is 10.3 Å². The van der Waals surface area contributed by atoms with Gasteiger partial charge >= 0.3 is 0 Å². The largest absolute Gasteiger partial charge is 0.356 e. The normalized spacial score (nSPS) is 25.4. The zero-order valence-corrected chi connectivity index (χ0v) is 11.0. The minimum atomic E-state index is 0.00486. The Kier molecular flexibility index (Phi) is 3.69. The SMILES string of the molecule is CC1CCC(NC(=O)c2cc(Br)c[nH]2)CC1. The van der Waals surface area contributed by atoms with E-state index in [0.717, 1.165) is 23.2 Å². The molecule has 1 aliphatic rings. The summed E-state index contributed by atoms with van der Waals surface area (Å²) in [5.74, 6) is 0.818. The van der Waals surface area contributed by atoms with Gasteiger partial charge in [-0.3, -0.25) is 4.79 Å². The summed E-state index contributed by atoms with van der Waals surface area (Å²) in [6, 6.07) is 2.16. The molecule has 1 aliphatic carbocycles. The van der Waals surface area contributed by atoms with Crippen LogP contribution in [-0.4, -0.2) is 16.9 Å². The standard InChI is InChI=1S/C12H17BrN2O/c1-8-2-4-10(5-3-8)15-12(16)11-6-9(13)7-14-11/h6-8,10,14H,2-5H2,1H3,(H,15,16). The molecule has 1 aromatic rings. The lowest BCUT2D eigenvalue weighted by molar-refractivity contribution is 0.0918. The second-order valence-electron chi connectivity index (χ2n) is 4.66. The predicted molar refractivity (Wildman–Crippen MR) is 67.4 cm³/mol. The number of aromatic amines is 1. The van der Waals surface area contributed by atoms with Crippen LogP contribution in [0.2, 0.25) is 0 Å². The number of H-pyrrole nitrogens is 1. The minimum Gasteiger partial charge on any atom is -0.356 e. The van der Waals surface area contributed by atoms with Crippen molar-refractivity contribution in [1.29, 1.82) is 0 Å². The van der Waals surface area contributed by atoms with Gasteiger partial charge in [0.25, 0.3) is 5.91 Å². The van der Waals surface area contributed by atoms with E-state index >= 15 is 0 Å². The fraction of sp³-hybridized carbons (Fsp3) is 0.583. The van der Waals surface area contributed by atoms with E-state index in [4.69, 9.17) is 0 Å². The highest BCUT2D eigenvalue weighted by Crippen LogP contribution is 2.23. The van der Waals surface area contributed by atoms with Crippen molar-refractivity contribution in [3.63, 3.8) is 0 Å². The Hall–Kier alpha value is -0.770. The lowest BCUT2D eigenvalue weighted by Crippen LogP contribution is -2.37. The van der Waals surface area contributed by atoms with E-state index in [-0.39, 0.29) is 5.91 Å². The van der Waals surface area contributed by atoms with Gasteiger partial charge in [0.15, 0.2) is 0 Å². The summed E-state index contributed by atoms with van der Waals surface area (Å²) in [7, 11) is 0. The molecule has 2 rings (SSSR count). The van der Waals surface area contributed by atoms with E-state index < -0.39 is 0 Å². The summed E-state index contributed by atoms with van der Waals surface area (Å²) in [4.78, 5) is 14.8. The van der Waals surface area contributed by atoms with Crippen LogP contribution in [0.25, 0.3) is 0 Å². The summed E-state index contributed by atoms with van der Waals surface area (Å²) < 4.78 is 0.912. The molecule has 1 heterocycles. The molecule has 16 heavy (non-hydrogen) atoms. The third-order valence-corrected chi connectivity index (χ3v) is 3.70.